The molecule has 5 rings (SSSR count). The fourth-order valence-electron chi connectivity index (χ4n) is 4.36. The zero-order valence-electron chi connectivity index (χ0n) is 16.3. The molecule has 0 N–H and O–H groups in total. The van der Waals surface area contributed by atoms with E-state index < -0.39 is 0 Å². The van der Waals surface area contributed by atoms with Gasteiger partial charge in [0.2, 0.25) is 0 Å². The van der Waals surface area contributed by atoms with E-state index in [2.05, 4.69) is 93.6 Å². The minimum absolute atomic E-state index is 0.287. The average molecular weight is 396 g/mol. The van der Waals surface area contributed by atoms with E-state index in [1.165, 1.54) is 51.9 Å². The maximum absolute atomic E-state index is 2.40. The van der Waals surface area contributed by atoms with E-state index in [1.54, 1.807) is 0 Å². The van der Waals surface area contributed by atoms with Crippen LogP contribution in [0.25, 0.3) is 20.2 Å². The van der Waals surface area contributed by atoms with E-state index in [0.29, 0.717) is 0 Å². The van der Waals surface area contributed by atoms with Crippen LogP contribution in [0.1, 0.15) is 16.7 Å². The van der Waals surface area contributed by atoms with Crippen molar-refractivity contribution in [3.63, 3.8) is 0 Å². The minimum atomic E-state index is 0.287. The van der Waals surface area contributed by atoms with Crippen LogP contribution in [0.5, 0.6) is 0 Å². The van der Waals surface area contributed by atoms with E-state index in [1.807, 2.05) is 22.7 Å². The van der Waals surface area contributed by atoms with Crippen LogP contribution in [-0.2, 0) is 0 Å². The zero-order valence-corrected chi connectivity index (χ0v) is 18.0. The summed E-state index contributed by atoms with van der Waals surface area (Å²) in [4.78, 5) is 0. The van der Waals surface area contributed by atoms with E-state index >= 15 is 0 Å². The summed E-state index contributed by atoms with van der Waals surface area (Å²) in [5.41, 5.74) is 5.57. The molecule has 0 bridgehead atoms. The van der Waals surface area contributed by atoms with Gasteiger partial charge in [-0.1, -0.05) is 70.7 Å². The van der Waals surface area contributed by atoms with Crippen molar-refractivity contribution >= 4 is 64.6 Å². The molecule has 0 saturated carbocycles. The minimum Gasteiger partial charge on any atom is -0.149 e. The van der Waals surface area contributed by atoms with Gasteiger partial charge < -0.3 is 0 Å². The van der Waals surface area contributed by atoms with Gasteiger partial charge in [0.1, 0.15) is 0 Å². The molecule has 3 heteroatoms. The zero-order chi connectivity index (χ0) is 19.3. The Balaban J connectivity index is 1.79. The van der Waals surface area contributed by atoms with Gasteiger partial charge in [0.25, 0.3) is 6.71 Å². The quantitative estimate of drug-likeness (QED) is 0.351. The highest BCUT2D eigenvalue weighted by Gasteiger charge is 2.28. The number of aryl methyl sites for hydroxylation is 3. The van der Waals surface area contributed by atoms with Crippen LogP contribution in [0.3, 0.4) is 0 Å². The van der Waals surface area contributed by atoms with Crippen molar-refractivity contribution in [3.05, 3.63) is 89.5 Å². The highest BCUT2D eigenvalue weighted by molar-refractivity contribution is 7.38. The lowest BCUT2D eigenvalue weighted by Gasteiger charge is -2.18. The van der Waals surface area contributed by atoms with Crippen molar-refractivity contribution < 1.29 is 0 Å². The third-order valence-corrected chi connectivity index (χ3v) is 7.85. The molecule has 0 spiro atoms. The van der Waals surface area contributed by atoms with Crippen molar-refractivity contribution in [1.29, 1.82) is 0 Å². The summed E-state index contributed by atoms with van der Waals surface area (Å²) in [5.74, 6) is 0. The standard InChI is InChI=1S/C25H21BS2/c1-16-12-17(2)25(18(3)13-16)26(23-14-19-8-4-6-10-21(19)27-23)24-15-20-9-5-7-11-22(20)28-24/h4-15H,1-3H3. The Bertz CT molecular complexity index is 1150. The van der Waals surface area contributed by atoms with Crippen molar-refractivity contribution in [2.45, 2.75) is 20.8 Å². The van der Waals surface area contributed by atoms with Crippen LogP contribution in [0, 0.1) is 20.8 Å². The van der Waals surface area contributed by atoms with Crippen LogP contribution >= 0.6 is 22.7 Å². The lowest BCUT2D eigenvalue weighted by Crippen LogP contribution is -2.51. The molecule has 0 fully saturated rings. The Morgan fingerprint density at radius 1 is 0.607 bits per heavy atom. The molecule has 0 atom stereocenters. The van der Waals surface area contributed by atoms with Gasteiger partial charge in [-0.05, 0) is 65.4 Å². The number of hydrogen-bond acceptors (Lipinski definition) is 2. The summed E-state index contributed by atoms with van der Waals surface area (Å²) in [6.45, 7) is 7.01. The molecule has 28 heavy (non-hydrogen) atoms. The second kappa shape index (κ2) is 6.91. The van der Waals surface area contributed by atoms with Gasteiger partial charge in [-0.15, -0.1) is 22.7 Å². The molecule has 0 aliphatic rings. The fraction of sp³-hybridized carbons (Fsp3) is 0.120. The van der Waals surface area contributed by atoms with Gasteiger partial charge in [-0.25, -0.2) is 0 Å². The normalized spacial score (nSPS) is 11.4. The first-order chi connectivity index (χ1) is 13.6. The average Bonchev–Trinajstić information content (AvgIpc) is 3.28. The molecule has 5 aromatic rings. The molecule has 136 valence electrons. The molecule has 0 aliphatic heterocycles. The number of hydrogen-bond donors (Lipinski definition) is 0. The van der Waals surface area contributed by atoms with Gasteiger partial charge in [0, 0.05) is 9.40 Å². The Hall–Kier alpha value is -2.36. The van der Waals surface area contributed by atoms with Gasteiger partial charge in [0.05, 0.1) is 0 Å². The second-order valence-electron chi connectivity index (χ2n) is 7.62. The highest BCUT2D eigenvalue weighted by atomic mass is 32.1. The number of thiophene rings is 2. The molecule has 0 nitrogen and oxygen atoms in total. The second-order valence-corrected chi connectivity index (χ2v) is 9.85. The van der Waals surface area contributed by atoms with Gasteiger partial charge in [0.15, 0.2) is 0 Å². The molecule has 0 unspecified atom stereocenters. The number of benzene rings is 3. The number of fused-ring (bicyclic) bond motifs is 2. The van der Waals surface area contributed by atoms with Crippen LogP contribution < -0.4 is 15.0 Å². The van der Waals surface area contributed by atoms with E-state index in [9.17, 15) is 0 Å². The van der Waals surface area contributed by atoms with Crippen molar-refractivity contribution in [2.24, 2.45) is 0 Å². The maximum atomic E-state index is 2.40. The summed E-state index contributed by atoms with van der Waals surface area (Å²) in [6, 6.07) is 26.9. The molecule has 0 aliphatic carbocycles. The molecular formula is C25H21BS2. The Kier molecular flexibility index (Phi) is 4.38. The van der Waals surface area contributed by atoms with Crippen LogP contribution in [0.2, 0.25) is 0 Å². The number of rotatable bonds is 3. The van der Waals surface area contributed by atoms with Crippen molar-refractivity contribution in [1.82, 2.24) is 0 Å². The van der Waals surface area contributed by atoms with Crippen molar-refractivity contribution in [2.75, 3.05) is 0 Å². The van der Waals surface area contributed by atoms with Gasteiger partial charge in [-0.3, -0.25) is 0 Å². The molecule has 2 heterocycles. The molecular weight excluding hydrogens is 375 g/mol. The van der Waals surface area contributed by atoms with Crippen LogP contribution in [0.15, 0.2) is 72.8 Å². The maximum Gasteiger partial charge on any atom is 0.267 e. The fourth-order valence-corrected chi connectivity index (χ4v) is 6.82. The summed E-state index contributed by atoms with van der Waals surface area (Å²) >= 11 is 3.87. The van der Waals surface area contributed by atoms with Gasteiger partial charge >= 0.3 is 0 Å². The molecule has 0 saturated heterocycles. The Morgan fingerprint density at radius 2 is 1.07 bits per heavy atom. The summed E-state index contributed by atoms with van der Waals surface area (Å²) in [5, 5.41) is 2.69. The van der Waals surface area contributed by atoms with Crippen molar-refractivity contribution in [3.8, 4) is 0 Å². The first kappa shape index (κ1) is 17.7. The van der Waals surface area contributed by atoms with E-state index in [0.717, 1.165) is 0 Å². The summed E-state index contributed by atoms with van der Waals surface area (Å²) in [7, 11) is 0. The summed E-state index contributed by atoms with van der Waals surface area (Å²) in [6.07, 6.45) is 0. The highest BCUT2D eigenvalue weighted by Crippen LogP contribution is 2.23. The van der Waals surface area contributed by atoms with Gasteiger partial charge in [-0.2, -0.15) is 0 Å². The molecule has 0 amide bonds. The van der Waals surface area contributed by atoms with Crippen LogP contribution in [-0.4, -0.2) is 6.71 Å². The smallest absolute Gasteiger partial charge is 0.149 e. The van der Waals surface area contributed by atoms with E-state index in [-0.39, 0.29) is 6.71 Å². The topological polar surface area (TPSA) is 0 Å². The molecule has 0 radical (unpaired) electrons. The van der Waals surface area contributed by atoms with E-state index in [4.69, 9.17) is 0 Å². The monoisotopic (exact) mass is 396 g/mol. The van der Waals surface area contributed by atoms with Crippen LogP contribution in [0.4, 0.5) is 0 Å². The lowest BCUT2D eigenvalue weighted by molar-refractivity contribution is 1.35. The lowest BCUT2D eigenvalue weighted by atomic mass is 9.41. The predicted molar refractivity (Wildman–Crippen MR) is 129 cm³/mol. The SMILES string of the molecule is Cc1cc(C)c(B(c2cc3ccccc3s2)c2cc3ccccc3s2)c(C)c1. The Labute approximate surface area is 174 Å². The largest absolute Gasteiger partial charge is 0.267 e. The molecule has 2 aromatic heterocycles. The summed E-state index contributed by atoms with van der Waals surface area (Å²) < 4.78 is 5.60. The molecule has 3 aromatic carbocycles. The Morgan fingerprint density at radius 3 is 1.54 bits per heavy atom. The third-order valence-electron chi connectivity index (χ3n) is 5.48. The predicted octanol–water partition coefficient (Wildman–Crippen LogP) is 5.56. The first-order valence-electron chi connectivity index (χ1n) is 9.65. The third kappa shape index (κ3) is 2.99. The first-order valence-corrected chi connectivity index (χ1v) is 11.3.